The molecule has 0 saturated heterocycles. The Morgan fingerprint density at radius 1 is 0.833 bits per heavy atom. The van der Waals surface area contributed by atoms with Crippen molar-refractivity contribution in [1.29, 1.82) is 0 Å². The van der Waals surface area contributed by atoms with Crippen molar-refractivity contribution in [2.75, 3.05) is 0 Å². The summed E-state index contributed by atoms with van der Waals surface area (Å²) in [5, 5.41) is 0. The topological polar surface area (TPSA) is 9.23 Å². The molecule has 0 aliphatic rings. The van der Waals surface area contributed by atoms with E-state index in [2.05, 4.69) is 32.0 Å². The molecule has 1 rings (SSSR count). The second kappa shape index (κ2) is 9.64. The molecule has 1 nitrogen and oxygen atoms in total. The summed E-state index contributed by atoms with van der Waals surface area (Å²) in [5.74, 6) is 1.02. The van der Waals surface area contributed by atoms with E-state index in [-0.39, 0.29) is 0 Å². The standard InChI is InChI=1S/C16H26O.Ti/c1-3-5-7-9-14-11-15(10-8-6-4-2)13-16(17)12-14;/h11-13,17H,3-10H2,1-2H3;/q;+1/p-1. The van der Waals surface area contributed by atoms with Crippen LogP contribution in [0.3, 0.4) is 0 Å². The molecule has 0 saturated carbocycles. The van der Waals surface area contributed by atoms with Gasteiger partial charge in [0.05, 0.1) is 0 Å². The van der Waals surface area contributed by atoms with Gasteiger partial charge in [0.1, 0.15) is 0 Å². The molecular weight excluding hydrogens is 256 g/mol. The van der Waals surface area contributed by atoms with Crippen molar-refractivity contribution in [3.63, 3.8) is 0 Å². The van der Waals surface area contributed by atoms with Crippen LogP contribution in [0.4, 0.5) is 0 Å². The third-order valence-corrected chi connectivity index (χ3v) is 3.65. The molecule has 0 radical (unpaired) electrons. The molecule has 99 valence electrons. The van der Waals surface area contributed by atoms with Crippen molar-refractivity contribution in [1.82, 2.24) is 0 Å². The van der Waals surface area contributed by atoms with Gasteiger partial charge in [0.25, 0.3) is 0 Å². The monoisotopic (exact) mass is 281 g/mol. The molecule has 0 N–H and O–H groups in total. The van der Waals surface area contributed by atoms with Crippen LogP contribution in [0, 0.1) is 0 Å². The van der Waals surface area contributed by atoms with Crippen LogP contribution >= 0.6 is 0 Å². The van der Waals surface area contributed by atoms with E-state index >= 15 is 0 Å². The molecule has 2 heteroatoms. The molecule has 0 spiro atoms. The van der Waals surface area contributed by atoms with E-state index in [4.69, 9.17) is 3.32 Å². The zero-order chi connectivity index (χ0) is 13.2. The zero-order valence-corrected chi connectivity index (χ0v) is 13.4. The molecule has 0 amide bonds. The van der Waals surface area contributed by atoms with E-state index in [0.29, 0.717) is 0 Å². The van der Waals surface area contributed by atoms with Crippen LogP contribution in [-0.4, -0.2) is 0 Å². The van der Waals surface area contributed by atoms with E-state index < -0.39 is 0 Å². The van der Waals surface area contributed by atoms with Gasteiger partial charge < -0.3 is 0 Å². The average molecular weight is 281 g/mol. The summed E-state index contributed by atoms with van der Waals surface area (Å²) < 4.78 is 5.41. The van der Waals surface area contributed by atoms with Gasteiger partial charge in [-0.2, -0.15) is 0 Å². The van der Waals surface area contributed by atoms with Crippen molar-refractivity contribution in [3.8, 4) is 5.75 Å². The number of hydrogen-bond acceptors (Lipinski definition) is 1. The van der Waals surface area contributed by atoms with Gasteiger partial charge in [-0.15, -0.1) is 0 Å². The molecule has 0 fully saturated rings. The quantitative estimate of drug-likeness (QED) is 0.457. The number of benzene rings is 1. The average Bonchev–Trinajstić information content (AvgIpc) is 2.39. The van der Waals surface area contributed by atoms with Gasteiger partial charge in [-0.1, -0.05) is 0 Å². The first-order valence-electron chi connectivity index (χ1n) is 7.26. The second-order valence-electron chi connectivity index (χ2n) is 5.00. The maximum atomic E-state index is 5.41. The Kier molecular flexibility index (Phi) is 8.45. The summed E-state index contributed by atoms with van der Waals surface area (Å²) >= 11 is 1.76. The minimum absolute atomic E-state index is 1.02. The Labute approximate surface area is 124 Å². The van der Waals surface area contributed by atoms with E-state index in [9.17, 15) is 0 Å². The number of hydrogen-bond donors (Lipinski definition) is 0. The van der Waals surface area contributed by atoms with Gasteiger partial charge in [0.15, 0.2) is 0 Å². The normalized spacial score (nSPS) is 10.5. The first-order chi connectivity index (χ1) is 8.80. The number of aryl methyl sites for hydroxylation is 2. The van der Waals surface area contributed by atoms with Gasteiger partial charge in [-0.05, 0) is 0 Å². The molecule has 0 unspecified atom stereocenters. The molecule has 1 aromatic carbocycles. The van der Waals surface area contributed by atoms with Crippen molar-refractivity contribution >= 4 is 0 Å². The summed E-state index contributed by atoms with van der Waals surface area (Å²) in [5.41, 5.74) is 2.88. The Morgan fingerprint density at radius 3 is 1.72 bits per heavy atom. The summed E-state index contributed by atoms with van der Waals surface area (Å²) in [4.78, 5) is 0. The Balaban J connectivity index is 2.62. The summed E-state index contributed by atoms with van der Waals surface area (Å²) in [7, 11) is 0. The van der Waals surface area contributed by atoms with Crippen molar-refractivity contribution in [3.05, 3.63) is 29.3 Å². The van der Waals surface area contributed by atoms with Crippen LogP contribution in [0.5, 0.6) is 5.75 Å². The van der Waals surface area contributed by atoms with Crippen LogP contribution in [0.1, 0.15) is 63.5 Å². The number of rotatable bonds is 9. The van der Waals surface area contributed by atoms with Gasteiger partial charge >= 0.3 is 124 Å². The molecule has 0 aliphatic carbocycles. The van der Waals surface area contributed by atoms with E-state index in [0.717, 1.165) is 5.75 Å². The van der Waals surface area contributed by atoms with Gasteiger partial charge in [0, 0.05) is 0 Å². The van der Waals surface area contributed by atoms with Gasteiger partial charge in [-0.25, -0.2) is 0 Å². The van der Waals surface area contributed by atoms with Gasteiger partial charge in [-0.3, -0.25) is 0 Å². The predicted octanol–water partition coefficient (Wildman–Crippen LogP) is 4.99. The SMILES string of the molecule is CCCCCc1cc(CCCCC)cc([O][Ti])c1. The molecule has 0 aromatic heterocycles. The Bertz CT molecular complexity index is 308. The fourth-order valence-corrected chi connectivity index (χ4v) is 2.42. The van der Waals surface area contributed by atoms with Crippen LogP contribution in [-0.2, 0) is 33.7 Å². The first kappa shape index (κ1) is 15.8. The summed E-state index contributed by atoms with van der Waals surface area (Å²) in [6.07, 6.45) is 10.2. The van der Waals surface area contributed by atoms with Gasteiger partial charge in [0.2, 0.25) is 0 Å². The van der Waals surface area contributed by atoms with Crippen LogP contribution in [0.25, 0.3) is 0 Å². The molecule has 0 aliphatic heterocycles. The summed E-state index contributed by atoms with van der Waals surface area (Å²) in [6, 6.07) is 6.76. The predicted molar refractivity (Wildman–Crippen MR) is 73.5 cm³/mol. The molecule has 0 heterocycles. The van der Waals surface area contributed by atoms with Crippen LogP contribution < -0.4 is 3.32 Å². The second-order valence-corrected chi connectivity index (χ2v) is 5.32. The van der Waals surface area contributed by atoms with Crippen LogP contribution in [0.15, 0.2) is 18.2 Å². The Morgan fingerprint density at radius 2 is 1.33 bits per heavy atom. The van der Waals surface area contributed by atoms with Crippen molar-refractivity contribution in [2.24, 2.45) is 0 Å². The van der Waals surface area contributed by atoms with E-state index in [1.165, 1.54) is 62.5 Å². The van der Waals surface area contributed by atoms with E-state index in [1.807, 2.05) is 0 Å². The molecule has 18 heavy (non-hydrogen) atoms. The number of unbranched alkanes of at least 4 members (excludes halogenated alkanes) is 4. The molecule has 0 atom stereocenters. The molecule has 0 bridgehead atoms. The Hall–Kier alpha value is -0.266. The van der Waals surface area contributed by atoms with Crippen LogP contribution in [0.2, 0.25) is 0 Å². The van der Waals surface area contributed by atoms with Crippen molar-refractivity contribution in [2.45, 2.75) is 65.2 Å². The fourth-order valence-electron chi connectivity index (χ4n) is 2.23. The third kappa shape index (κ3) is 6.06. The summed E-state index contributed by atoms with van der Waals surface area (Å²) in [6.45, 7) is 4.50. The fraction of sp³-hybridized carbons (Fsp3) is 0.625. The maximum absolute atomic E-state index is 5.41. The van der Waals surface area contributed by atoms with Crippen molar-refractivity contribution < 1.29 is 24.1 Å². The van der Waals surface area contributed by atoms with E-state index in [1.54, 1.807) is 20.8 Å². The minimum atomic E-state index is 1.02. The molecular formula is C16H25OTi. The zero-order valence-electron chi connectivity index (χ0n) is 11.8. The molecule has 1 aromatic rings. The first-order valence-corrected chi connectivity index (χ1v) is 7.90. The third-order valence-electron chi connectivity index (χ3n) is 3.28.